The second-order valence-electron chi connectivity index (χ2n) is 6.41. The lowest BCUT2D eigenvalue weighted by molar-refractivity contribution is -0.143. The van der Waals surface area contributed by atoms with Gasteiger partial charge in [0.25, 0.3) is 0 Å². The van der Waals surface area contributed by atoms with Crippen LogP contribution in [0.2, 0.25) is 0 Å². The van der Waals surface area contributed by atoms with Crippen LogP contribution < -0.4 is 4.74 Å². The van der Waals surface area contributed by atoms with Gasteiger partial charge in [0.15, 0.2) is 21.6 Å². The molecule has 3 nitrogen and oxygen atoms in total. The molecule has 4 rings (SSSR count). The lowest BCUT2D eigenvalue weighted by atomic mass is 10.2. The van der Waals surface area contributed by atoms with E-state index in [1.165, 1.54) is 0 Å². The highest BCUT2D eigenvalue weighted by atomic mass is 32.2. The molecule has 1 unspecified atom stereocenters. The second kappa shape index (κ2) is 8.39. The van der Waals surface area contributed by atoms with Crippen molar-refractivity contribution < 1.29 is 31.8 Å². The third-order valence-electron chi connectivity index (χ3n) is 4.49. The highest BCUT2D eigenvalue weighted by Gasteiger charge is 2.42. The van der Waals surface area contributed by atoms with Crippen LogP contribution in [0.1, 0.15) is 6.42 Å². The molecule has 1 fully saturated rings. The summed E-state index contributed by atoms with van der Waals surface area (Å²) in [5.41, 5.74) is 0. The van der Waals surface area contributed by atoms with Crippen molar-refractivity contribution in [2.45, 2.75) is 27.2 Å². The molecule has 0 aliphatic carbocycles. The summed E-state index contributed by atoms with van der Waals surface area (Å²) in [7, 11) is -1.45. The number of cyclic esters (lactones) is 1. The summed E-state index contributed by atoms with van der Waals surface area (Å²) in [5.74, 6) is -8.60. The van der Waals surface area contributed by atoms with Gasteiger partial charge in [0.2, 0.25) is 28.2 Å². The maximum atomic E-state index is 15.1. The third-order valence-corrected chi connectivity index (χ3v) is 6.75. The highest BCUT2D eigenvalue weighted by Crippen LogP contribution is 2.40. The predicted octanol–water partition coefficient (Wildman–Crippen LogP) is 5.03. The zero-order valence-corrected chi connectivity index (χ0v) is 16.2. The number of carbonyl (C=O) groups excluding carboxylic acids is 1. The van der Waals surface area contributed by atoms with E-state index in [-0.39, 0.29) is 13.0 Å². The van der Waals surface area contributed by atoms with E-state index >= 15 is 8.78 Å². The highest BCUT2D eigenvalue weighted by molar-refractivity contribution is 7.97. The van der Waals surface area contributed by atoms with Gasteiger partial charge in [-0.1, -0.05) is 36.4 Å². The third kappa shape index (κ3) is 3.63. The van der Waals surface area contributed by atoms with E-state index in [1.54, 1.807) is 60.7 Å². The van der Waals surface area contributed by atoms with Crippen LogP contribution in [0, 0.1) is 23.3 Å². The summed E-state index contributed by atoms with van der Waals surface area (Å²) in [6.07, 6.45) is -1.29. The summed E-state index contributed by atoms with van der Waals surface area (Å²) >= 11 is 0. The molecule has 1 heterocycles. The summed E-state index contributed by atoms with van der Waals surface area (Å²) < 4.78 is 69.5. The van der Waals surface area contributed by atoms with Gasteiger partial charge in [-0.25, -0.2) is 4.79 Å². The van der Waals surface area contributed by atoms with E-state index in [2.05, 4.69) is 4.74 Å². The van der Waals surface area contributed by atoms with Crippen molar-refractivity contribution in [1.29, 1.82) is 0 Å². The van der Waals surface area contributed by atoms with Crippen molar-refractivity contribution in [2.75, 3.05) is 6.61 Å². The number of benzene rings is 3. The molecule has 154 valence electrons. The van der Waals surface area contributed by atoms with Crippen molar-refractivity contribution in [3.05, 3.63) is 83.9 Å². The summed E-state index contributed by atoms with van der Waals surface area (Å²) in [6, 6.07) is 16.6. The number of rotatable bonds is 5. The first-order valence-electron chi connectivity index (χ1n) is 9.02. The molecule has 30 heavy (non-hydrogen) atoms. The van der Waals surface area contributed by atoms with E-state index in [0.717, 1.165) is 0 Å². The molecular weight excluding hydrogens is 420 g/mol. The Morgan fingerprint density at radius 1 is 0.800 bits per heavy atom. The molecule has 0 saturated carbocycles. The number of esters is 1. The quantitative estimate of drug-likeness (QED) is 0.244. The molecule has 0 spiro atoms. The van der Waals surface area contributed by atoms with Crippen LogP contribution in [0.3, 0.4) is 0 Å². The minimum atomic E-state index is -1.69. The van der Waals surface area contributed by atoms with Crippen molar-refractivity contribution in [2.24, 2.45) is 0 Å². The van der Waals surface area contributed by atoms with Crippen LogP contribution in [0.25, 0.3) is 0 Å². The van der Waals surface area contributed by atoms with Crippen molar-refractivity contribution in [3.8, 4) is 5.75 Å². The van der Waals surface area contributed by atoms with Gasteiger partial charge in [0.1, 0.15) is 10.9 Å². The lowest BCUT2D eigenvalue weighted by Crippen LogP contribution is -2.24. The fourth-order valence-corrected chi connectivity index (χ4v) is 5.23. The van der Waals surface area contributed by atoms with E-state index in [4.69, 9.17) is 4.74 Å². The summed E-state index contributed by atoms with van der Waals surface area (Å²) in [4.78, 5) is 11.8. The Bertz CT molecular complexity index is 1010. The Kier molecular flexibility index (Phi) is 5.67. The smallest absolute Gasteiger partial charge is 0.347 e. The number of carbonyl (C=O) groups is 1. The number of hydrogen-bond donors (Lipinski definition) is 0. The predicted molar refractivity (Wildman–Crippen MR) is 101 cm³/mol. The Morgan fingerprint density at radius 3 is 1.73 bits per heavy atom. The first-order chi connectivity index (χ1) is 14.5. The van der Waals surface area contributed by atoms with Gasteiger partial charge in [-0.15, -0.1) is 0 Å². The molecule has 0 aromatic heterocycles. The lowest BCUT2D eigenvalue weighted by Gasteiger charge is -2.15. The Labute approximate surface area is 172 Å². The first kappa shape index (κ1) is 20.3. The largest absolute Gasteiger partial charge is 0.472 e. The Balaban J connectivity index is 1.87. The topological polar surface area (TPSA) is 35.5 Å². The van der Waals surface area contributed by atoms with Gasteiger partial charge in [-0.2, -0.15) is 17.6 Å². The van der Waals surface area contributed by atoms with Crippen molar-refractivity contribution in [3.63, 3.8) is 0 Å². The molecule has 1 aliphatic rings. The molecule has 1 aliphatic heterocycles. The molecule has 1 saturated heterocycles. The monoisotopic (exact) mass is 435 g/mol. The normalized spacial score (nSPS) is 16.0. The molecule has 3 aromatic rings. The molecule has 8 heteroatoms. The minimum absolute atomic E-state index is 0.00125. The maximum Gasteiger partial charge on any atom is 0.347 e. The molecule has 1 atom stereocenters. The molecular formula is C22H15F4O3S+. The molecule has 0 N–H and O–H groups in total. The van der Waals surface area contributed by atoms with E-state index in [1.807, 2.05) is 0 Å². The second-order valence-corrected chi connectivity index (χ2v) is 8.37. The number of hydrogen-bond acceptors (Lipinski definition) is 3. The van der Waals surface area contributed by atoms with Crippen molar-refractivity contribution in [1.82, 2.24) is 0 Å². The average molecular weight is 435 g/mol. The fourth-order valence-electron chi connectivity index (χ4n) is 3.09. The molecule has 3 aromatic carbocycles. The van der Waals surface area contributed by atoms with E-state index in [0.29, 0.717) is 9.79 Å². The van der Waals surface area contributed by atoms with Gasteiger partial charge in [-0.05, 0) is 24.3 Å². The zero-order valence-electron chi connectivity index (χ0n) is 15.4. The molecule has 0 radical (unpaired) electrons. The summed E-state index contributed by atoms with van der Waals surface area (Å²) in [6.45, 7) is 0.00125. The van der Waals surface area contributed by atoms with Gasteiger partial charge < -0.3 is 9.47 Å². The zero-order chi connectivity index (χ0) is 21.3. The van der Waals surface area contributed by atoms with Crippen LogP contribution >= 0.6 is 0 Å². The van der Waals surface area contributed by atoms with Crippen LogP contribution in [0.4, 0.5) is 17.6 Å². The van der Waals surface area contributed by atoms with Crippen molar-refractivity contribution >= 4 is 16.9 Å². The van der Waals surface area contributed by atoms with Gasteiger partial charge in [0.05, 0.1) is 6.61 Å². The maximum absolute atomic E-state index is 15.1. The van der Waals surface area contributed by atoms with Crippen LogP contribution in [0.15, 0.2) is 75.4 Å². The Morgan fingerprint density at radius 2 is 1.30 bits per heavy atom. The van der Waals surface area contributed by atoms with Gasteiger partial charge in [0, 0.05) is 6.42 Å². The minimum Gasteiger partial charge on any atom is -0.472 e. The fraction of sp³-hybridized carbons (Fsp3) is 0.136. The number of halogens is 4. The summed E-state index contributed by atoms with van der Waals surface area (Å²) in [5, 5.41) is 0. The van der Waals surface area contributed by atoms with Crippen LogP contribution in [-0.4, -0.2) is 18.7 Å². The van der Waals surface area contributed by atoms with Crippen LogP contribution in [-0.2, 0) is 20.4 Å². The molecule has 0 amide bonds. The first-order valence-corrected chi connectivity index (χ1v) is 10.2. The van der Waals surface area contributed by atoms with E-state index < -0.39 is 56.9 Å². The number of ether oxygens (including phenoxy) is 2. The van der Waals surface area contributed by atoms with Gasteiger partial charge >= 0.3 is 5.97 Å². The average Bonchev–Trinajstić information content (AvgIpc) is 3.18. The van der Waals surface area contributed by atoms with Crippen LogP contribution in [0.5, 0.6) is 5.75 Å². The Hall–Kier alpha value is -3.00. The molecule has 0 bridgehead atoms. The van der Waals surface area contributed by atoms with E-state index in [9.17, 15) is 13.6 Å². The SMILES string of the molecule is O=C1OCCC1Oc1c(F)c(F)c([S+](c2ccccc2)c2ccccc2)c(F)c1F. The standard InChI is InChI=1S/C22H15F4O3S/c23-16-18(25)21(19(26)17(24)20(16)29-15-11-12-28-22(15)27)30(13-7-3-1-4-8-13)14-9-5-2-6-10-14/h1-10,15H,11-12H2/q+1. The van der Waals surface area contributed by atoms with Gasteiger partial charge in [-0.3, -0.25) is 0 Å².